The van der Waals surface area contributed by atoms with Crippen LogP contribution in [0.3, 0.4) is 0 Å². The zero-order chi connectivity index (χ0) is 18.5. The Labute approximate surface area is 152 Å². The molecule has 1 aliphatic rings. The van der Waals surface area contributed by atoms with E-state index >= 15 is 0 Å². The molecule has 0 amide bonds. The molecule has 1 heterocycles. The third kappa shape index (κ3) is 2.89. The van der Waals surface area contributed by atoms with E-state index in [4.69, 9.17) is 0 Å². The highest BCUT2D eigenvalue weighted by molar-refractivity contribution is 8.00. The van der Waals surface area contributed by atoms with Crippen LogP contribution >= 0.6 is 11.8 Å². The largest absolute Gasteiger partial charge is 0.378 e. The molecule has 0 saturated heterocycles. The fourth-order valence-corrected chi connectivity index (χ4v) is 4.31. The summed E-state index contributed by atoms with van der Waals surface area (Å²) in [6, 6.07) is 6.07. The van der Waals surface area contributed by atoms with E-state index in [0.717, 1.165) is 33.1 Å². The second-order valence-corrected chi connectivity index (χ2v) is 7.73. The summed E-state index contributed by atoms with van der Waals surface area (Å²) < 4.78 is 0. The molecular formula is C18H22N4O2S. The fraction of sp³-hybridized carbons (Fsp3) is 0.333. The van der Waals surface area contributed by atoms with Gasteiger partial charge in [0.25, 0.3) is 0 Å². The summed E-state index contributed by atoms with van der Waals surface area (Å²) in [5.41, 5.74) is 5.84. The van der Waals surface area contributed by atoms with Crippen molar-refractivity contribution >= 4 is 40.2 Å². The van der Waals surface area contributed by atoms with Crippen LogP contribution in [0.2, 0.25) is 0 Å². The molecule has 0 unspecified atom stereocenters. The van der Waals surface area contributed by atoms with Crippen LogP contribution in [-0.4, -0.2) is 33.1 Å². The first-order valence-electron chi connectivity index (χ1n) is 7.97. The van der Waals surface area contributed by atoms with Crippen LogP contribution in [0.15, 0.2) is 28.0 Å². The number of aryl methyl sites for hydroxylation is 2. The van der Waals surface area contributed by atoms with Crippen molar-refractivity contribution < 1.29 is 4.92 Å². The zero-order valence-electron chi connectivity index (χ0n) is 15.3. The monoisotopic (exact) mass is 358 g/mol. The van der Waals surface area contributed by atoms with Gasteiger partial charge >= 0.3 is 5.69 Å². The first kappa shape index (κ1) is 17.4. The normalized spacial score (nSPS) is 12.1. The molecule has 0 bridgehead atoms. The third-order valence-corrected chi connectivity index (χ3v) is 5.50. The molecule has 132 valence electrons. The first-order valence-corrected chi connectivity index (χ1v) is 8.78. The molecule has 0 aliphatic carbocycles. The van der Waals surface area contributed by atoms with Crippen LogP contribution < -0.4 is 15.1 Å². The Morgan fingerprint density at radius 2 is 1.64 bits per heavy atom. The van der Waals surface area contributed by atoms with Crippen LogP contribution in [0, 0.1) is 24.0 Å². The highest BCUT2D eigenvalue weighted by Crippen LogP contribution is 2.53. The number of nitrogens with one attached hydrogen (secondary N) is 1. The Morgan fingerprint density at radius 3 is 2.20 bits per heavy atom. The van der Waals surface area contributed by atoms with E-state index in [-0.39, 0.29) is 10.6 Å². The van der Waals surface area contributed by atoms with Crippen LogP contribution in [0.4, 0.5) is 28.4 Å². The second-order valence-electron chi connectivity index (χ2n) is 6.67. The summed E-state index contributed by atoms with van der Waals surface area (Å²) in [6.45, 7) is 4.04. The summed E-state index contributed by atoms with van der Waals surface area (Å²) in [6.07, 6.45) is 0. The molecule has 3 rings (SSSR count). The van der Waals surface area contributed by atoms with E-state index in [2.05, 4.69) is 24.4 Å². The lowest BCUT2D eigenvalue weighted by Gasteiger charge is -2.27. The molecule has 0 radical (unpaired) electrons. The van der Waals surface area contributed by atoms with Gasteiger partial charge < -0.3 is 15.1 Å². The summed E-state index contributed by atoms with van der Waals surface area (Å²) in [5, 5.41) is 15.2. The molecule has 0 fully saturated rings. The molecule has 25 heavy (non-hydrogen) atoms. The molecule has 0 saturated carbocycles. The molecule has 0 aromatic heterocycles. The highest BCUT2D eigenvalue weighted by Gasteiger charge is 2.31. The minimum Gasteiger partial charge on any atom is -0.378 e. The van der Waals surface area contributed by atoms with Crippen molar-refractivity contribution in [1.29, 1.82) is 0 Å². The molecule has 0 spiro atoms. The third-order valence-electron chi connectivity index (χ3n) is 4.36. The first-order chi connectivity index (χ1) is 11.7. The van der Waals surface area contributed by atoms with Gasteiger partial charge in [0.1, 0.15) is 10.6 Å². The smallest absolute Gasteiger partial charge is 0.308 e. The molecule has 1 aliphatic heterocycles. The van der Waals surface area contributed by atoms with Crippen molar-refractivity contribution in [2.75, 3.05) is 43.3 Å². The quantitative estimate of drug-likeness (QED) is 0.547. The van der Waals surface area contributed by atoms with Crippen LogP contribution in [0.5, 0.6) is 0 Å². The number of anilines is 4. The Kier molecular flexibility index (Phi) is 4.28. The van der Waals surface area contributed by atoms with Gasteiger partial charge in [0.15, 0.2) is 0 Å². The number of rotatable bonds is 3. The van der Waals surface area contributed by atoms with E-state index in [1.807, 2.05) is 46.1 Å². The fourth-order valence-electron chi connectivity index (χ4n) is 3.00. The molecule has 2 aromatic carbocycles. The predicted molar refractivity (Wildman–Crippen MR) is 105 cm³/mol. The number of nitrogens with zero attached hydrogens (tertiary/aromatic N) is 3. The van der Waals surface area contributed by atoms with E-state index < -0.39 is 0 Å². The summed E-state index contributed by atoms with van der Waals surface area (Å²) >= 11 is 1.47. The van der Waals surface area contributed by atoms with Gasteiger partial charge in [-0.1, -0.05) is 11.8 Å². The molecule has 6 nitrogen and oxygen atoms in total. The van der Waals surface area contributed by atoms with Crippen molar-refractivity contribution in [1.82, 2.24) is 0 Å². The van der Waals surface area contributed by atoms with Crippen molar-refractivity contribution in [3.63, 3.8) is 0 Å². The Bertz CT molecular complexity index is 878. The zero-order valence-corrected chi connectivity index (χ0v) is 16.1. The highest BCUT2D eigenvalue weighted by atomic mass is 32.2. The second kappa shape index (κ2) is 6.15. The van der Waals surface area contributed by atoms with Gasteiger partial charge in [-0.25, -0.2) is 0 Å². The van der Waals surface area contributed by atoms with E-state index in [0.29, 0.717) is 10.6 Å². The van der Waals surface area contributed by atoms with Crippen LogP contribution in [-0.2, 0) is 0 Å². The predicted octanol–water partition coefficient (Wildman–Crippen LogP) is 4.55. The van der Waals surface area contributed by atoms with E-state index in [1.165, 1.54) is 11.8 Å². The van der Waals surface area contributed by atoms with Gasteiger partial charge in [-0.15, -0.1) is 0 Å². The van der Waals surface area contributed by atoms with Crippen molar-refractivity contribution in [2.45, 2.75) is 23.6 Å². The van der Waals surface area contributed by atoms with Crippen LogP contribution in [0.25, 0.3) is 0 Å². The Balaban J connectivity index is 2.24. The lowest BCUT2D eigenvalue weighted by molar-refractivity contribution is -0.386. The molecular weight excluding hydrogens is 336 g/mol. The summed E-state index contributed by atoms with van der Waals surface area (Å²) in [5.74, 6) is 0. The Hall–Kier alpha value is -2.41. The SMILES string of the molecule is Cc1cc(N(C)C)cc2c1Nc1c(C)cc(N(C)C)c([N+](=O)[O-])c1S2. The number of nitro benzene ring substituents is 1. The van der Waals surface area contributed by atoms with E-state index in [9.17, 15) is 10.1 Å². The number of hydrogen-bond donors (Lipinski definition) is 1. The lowest BCUT2D eigenvalue weighted by atomic mass is 10.1. The van der Waals surface area contributed by atoms with Gasteiger partial charge in [-0.2, -0.15) is 0 Å². The average Bonchev–Trinajstić information content (AvgIpc) is 2.52. The van der Waals surface area contributed by atoms with Crippen molar-refractivity contribution in [3.05, 3.63) is 39.4 Å². The van der Waals surface area contributed by atoms with Crippen molar-refractivity contribution in [3.8, 4) is 0 Å². The van der Waals surface area contributed by atoms with Crippen molar-refractivity contribution in [2.24, 2.45) is 0 Å². The minimum absolute atomic E-state index is 0.154. The number of hydrogen-bond acceptors (Lipinski definition) is 6. The standard InChI is InChI=1S/C18H22N4O2S/c1-10-7-12(20(3)4)9-14-15(10)19-16-11(2)8-13(21(5)6)17(22(23)24)18(16)25-14/h7-9,19H,1-6H3. The Morgan fingerprint density at radius 1 is 1.00 bits per heavy atom. The van der Waals surface area contributed by atoms with Gasteiger partial charge in [-0.3, -0.25) is 10.1 Å². The maximum atomic E-state index is 11.8. The average molecular weight is 358 g/mol. The van der Waals surface area contributed by atoms with Gasteiger partial charge in [0.2, 0.25) is 0 Å². The van der Waals surface area contributed by atoms with E-state index in [1.54, 1.807) is 4.90 Å². The summed E-state index contributed by atoms with van der Waals surface area (Å²) in [4.78, 5) is 17.0. The maximum absolute atomic E-state index is 11.8. The number of fused-ring (bicyclic) bond motifs is 2. The molecule has 2 aromatic rings. The molecule has 1 N–H and O–H groups in total. The topological polar surface area (TPSA) is 61.6 Å². The molecule has 7 heteroatoms. The lowest BCUT2D eigenvalue weighted by Crippen LogP contribution is -2.15. The van der Waals surface area contributed by atoms with Gasteiger partial charge in [0, 0.05) is 38.8 Å². The number of benzene rings is 2. The number of nitro groups is 1. The maximum Gasteiger partial charge on any atom is 0.308 e. The summed E-state index contributed by atoms with van der Waals surface area (Å²) in [7, 11) is 7.65. The minimum atomic E-state index is -0.282. The van der Waals surface area contributed by atoms with Crippen LogP contribution in [0.1, 0.15) is 11.1 Å². The molecule has 0 atom stereocenters. The van der Waals surface area contributed by atoms with Gasteiger partial charge in [0.05, 0.1) is 16.3 Å². The van der Waals surface area contributed by atoms with Gasteiger partial charge in [-0.05, 0) is 43.2 Å².